The van der Waals surface area contributed by atoms with Crippen molar-refractivity contribution in [3.63, 3.8) is 0 Å². The summed E-state index contributed by atoms with van der Waals surface area (Å²) >= 11 is 0. The predicted molar refractivity (Wildman–Crippen MR) is 105 cm³/mol. The van der Waals surface area contributed by atoms with Crippen LogP contribution in [0.5, 0.6) is 11.5 Å². The molecular formula is C20H20N4O4. The van der Waals surface area contributed by atoms with Crippen LogP contribution in [-0.4, -0.2) is 20.6 Å². The number of nitrogens with zero attached hydrogens (tertiary/aromatic N) is 3. The Morgan fingerprint density at radius 1 is 1.21 bits per heavy atom. The minimum absolute atomic E-state index is 0.179. The topological polar surface area (TPSA) is 99.3 Å². The molecule has 0 unspecified atom stereocenters. The first-order valence-electron chi connectivity index (χ1n) is 8.75. The van der Waals surface area contributed by atoms with Crippen molar-refractivity contribution in [2.24, 2.45) is 0 Å². The molecule has 0 aliphatic carbocycles. The summed E-state index contributed by atoms with van der Waals surface area (Å²) in [5.74, 6) is 0.424. The van der Waals surface area contributed by atoms with E-state index in [1.807, 2.05) is 32.0 Å². The fourth-order valence-electron chi connectivity index (χ4n) is 2.74. The normalized spacial score (nSPS) is 10.5. The molecule has 2 aromatic carbocycles. The van der Waals surface area contributed by atoms with Crippen LogP contribution < -0.4 is 10.1 Å². The molecule has 0 spiro atoms. The smallest absolute Gasteiger partial charge is 0.275 e. The molecule has 0 atom stereocenters. The molecule has 0 radical (unpaired) electrons. The van der Waals surface area contributed by atoms with E-state index in [9.17, 15) is 14.9 Å². The molecule has 0 fully saturated rings. The van der Waals surface area contributed by atoms with Gasteiger partial charge in [0.1, 0.15) is 11.5 Å². The molecule has 8 heteroatoms. The Bertz CT molecular complexity index is 1040. The van der Waals surface area contributed by atoms with Gasteiger partial charge in [-0.05, 0) is 38.5 Å². The lowest BCUT2D eigenvalue weighted by atomic mass is 10.2. The largest absolute Gasteiger partial charge is 0.457 e. The van der Waals surface area contributed by atoms with Crippen LogP contribution >= 0.6 is 0 Å². The van der Waals surface area contributed by atoms with E-state index in [4.69, 9.17) is 4.74 Å². The summed E-state index contributed by atoms with van der Waals surface area (Å²) in [6.45, 7) is 6.22. The molecule has 28 heavy (non-hydrogen) atoms. The third-order valence-electron chi connectivity index (χ3n) is 4.10. The van der Waals surface area contributed by atoms with Crippen molar-refractivity contribution in [3.8, 4) is 11.5 Å². The van der Waals surface area contributed by atoms with E-state index < -0.39 is 4.92 Å². The zero-order valence-electron chi connectivity index (χ0n) is 15.8. The standard InChI is InChI=1S/C20H20N4O4/c1-4-23-12-19(14(3)22-23)20(25)21-15-9-16(24(26)27)11-18(10-15)28-17-7-5-6-13(2)8-17/h5-12H,4H2,1-3H3,(H,21,25). The van der Waals surface area contributed by atoms with Crippen LogP contribution in [0.25, 0.3) is 0 Å². The number of ether oxygens (including phenoxy) is 1. The van der Waals surface area contributed by atoms with Gasteiger partial charge in [0.25, 0.3) is 11.6 Å². The third-order valence-corrected chi connectivity index (χ3v) is 4.10. The number of non-ortho nitro benzene ring substituents is 1. The van der Waals surface area contributed by atoms with Crippen molar-refractivity contribution in [2.75, 3.05) is 5.32 Å². The van der Waals surface area contributed by atoms with Crippen molar-refractivity contribution in [1.29, 1.82) is 0 Å². The fraction of sp³-hybridized carbons (Fsp3) is 0.200. The van der Waals surface area contributed by atoms with Gasteiger partial charge in [-0.2, -0.15) is 5.10 Å². The van der Waals surface area contributed by atoms with Crippen LogP contribution in [0.1, 0.15) is 28.5 Å². The number of nitrogens with one attached hydrogen (secondary N) is 1. The van der Waals surface area contributed by atoms with Crippen molar-refractivity contribution in [2.45, 2.75) is 27.3 Å². The van der Waals surface area contributed by atoms with Crippen molar-refractivity contribution in [1.82, 2.24) is 9.78 Å². The van der Waals surface area contributed by atoms with E-state index in [0.29, 0.717) is 23.6 Å². The lowest BCUT2D eigenvalue weighted by molar-refractivity contribution is -0.384. The number of carbonyl (C=O) groups is 1. The second-order valence-electron chi connectivity index (χ2n) is 6.33. The lowest BCUT2D eigenvalue weighted by Crippen LogP contribution is -2.12. The highest BCUT2D eigenvalue weighted by Crippen LogP contribution is 2.30. The molecule has 1 aromatic heterocycles. The van der Waals surface area contributed by atoms with E-state index in [2.05, 4.69) is 10.4 Å². The number of amides is 1. The minimum Gasteiger partial charge on any atom is -0.457 e. The number of rotatable bonds is 6. The molecule has 0 aliphatic rings. The molecule has 3 aromatic rings. The summed E-state index contributed by atoms with van der Waals surface area (Å²) in [6.07, 6.45) is 1.65. The highest BCUT2D eigenvalue weighted by Gasteiger charge is 2.17. The number of carbonyl (C=O) groups excluding carboxylic acids is 1. The monoisotopic (exact) mass is 380 g/mol. The quantitative estimate of drug-likeness (QED) is 0.502. The van der Waals surface area contributed by atoms with Gasteiger partial charge in [0.2, 0.25) is 0 Å². The predicted octanol–water partition coefficient (Wildman–Crippen LogP) is 4.47. The zero-order chi connectivity index (χ0) is 20.3. The van der Waals surface area contributed by atoms with Gasteiger partial charge in [-0.25, -0.2) is 0 Å². The first-order valence-corrected chi connectivity index (χ1v) is 8.75. The Balaban J connectivity index is 1.89. The first-order chi connectivity index (χ1) is 13.4. The second kappa shape index (κ2) is 7.91. The van der Waals surface area contributed by atoms with Gasteiger partial charge in [-0.15, -0.1) is 0 Å². The average Bonchev–Trinajstić information content (AvgIpc) is 3.02. The fourth-order valence-corrected chi connectivity index (χ4v) is 2.74. The summed E-state index contributed by atoms with van der Waals surface area (Å²) in [5, 5.41) is 18.2. The molecule has 8 nitrogen and oxygen atoms in total. The molecule has 0 bridgehead atoms. The van der Waals surface area contributed by atoms with E-state index >= 15 is 0 Å². The molecular weight excluding hydrogens is 360 g/mol. The van der Waals surface area contributed by atoms with Crippen molar-refractivity contribution >= 4 is 17.3 Å². The van der Waals surface area contributed by atoms with Gasteiger partial charge in [0.15, 0.2) is 0 Å². The van der Waals surface area contributed by atoms with Gasteiger partial charge in [-0.3, -0.25) is 19.6 Å². The number of hydrogen-bond acceptors (Lipinski definition) is 5. The maximum Gasteiger partial charge on any atom is 0.275 e. The van der Waals surface area contributed by atoms with E-state index in [0.717, 1.165) is 5.56 Å². The Morgan fingerprint density at radius 2 is 2.00 bits per heavy atom. The summed E-state index contributed by atoms with van der Waals surface area (Å²) in [6, 6.07) is 11.5. The Hall–Kier alpha value is -3.68. The zero-order valence-corrected chi connectivity index (χ0v) is 15.8. The van der Waals surface area contributed by atoms with Gasteiger partial charge in [-0.1, -0.05) is 12.1 Å². The highest BCUT2D eigenvalue weighted by atomic mass is 16.6. The summed E-state index contributed by atoms with van der Waals surface area (Å²) in [7, 11) is 0. The number of aryl methyl sites for hydroxylation is 3. The molecule has 0 aliphatic heterocycles. The number of benzene rings is 2. The Labute approximate surface area is 161 Å². The molecule has 1 amide bonds. The number of hydrogen-bond donors (Lipinski definition) is 1. The summed E-state index contributed by atoms with van der Waals surface area (Å²) in [4.78, 5) is 23.3. The summed E-state index contributed by atoms with van der Waals surface area (Å²) < 4.78 is 7.41. The van der Waals surface area contributed by atoms with Crippen LogP contribution in [0.2, 0.25) is 0 Å². The third kappa shape index (κ3) is 4.35. The van der Waals surface area contributed by atoms with Crippen LogP contribution in [0, 0.1) is 24.0 Å². The second-order valence-corrected chi connectivity index (χ2v) is 6.33. The number of aromatic nitrogens is 2. The first kappa shape index (κ1) is 19.1. The Morgan fingerprint density at radius 3 is 2.64 bits per heavy atom. The van der Waals surface area contributed by atoms with Gasteiger partial charge in [0.05, 0.1) is 27.9 Å². The van der Waals surface area contributed by atoms with Gasteiger partial charge in [0, 0.05) is 24.9 Å². The van der Waals surface area contributed by atoms with Gasteiger partial charge >= 0.3 is 0 Å². The summed E-state index contributed by atoms with van der Waals surface area (Å²) in [5.41, 5.74) is 2.09. The average molecular weight is 380 g/mol. The minimum atomic E-state index is -0.529. The molecule has 1 heterocycles. The van der Waals surface area contributed by atoms with Crippen LogP contribution in [0.3, 0.4) is 0 Å². The maximum absolute atomic E-state index is 12.6. The molecule has 144 valence electrons. The maximum atomic E-state index is 12.6. The number of anilines is 1. The van der Waals surface area contributed by atoms with E-state index in [1.54, 1.807) is 29.9 Å². The number of nitro benzene ring substituents is 1. The van der Waals surface area contributed by atoms with E-state index in [1.165, 1.54) is 12.1 Å². The number of nitro groups is 1. The van der Waals surface area contributed by atoms with Crippen LogP contribution in [0.4, 0.5) is 11.4 Å². The van der Waals surface area contributed by atoms with E-state index in [-0.39, 0.29) is 23.0 Å². The molecule has 0 saturated carbocycles. The van der Waals surface area contributed by atoms with Crippen molar-refractivity contribution in [3.05, 3.63) is 75.6 Å². The van der Waals surface area contributed by atoms with Crippen LogP contribution in [-0.2, 0) is 6.54 Å². The Kier molecular flexibility index (Phi) is 5.39. The SMILES string of the molecule is CCn1cc(C(=O)Nc2cc(Oc3cccc(C)c3)cc([N+](=O)[O-])c2)c(C)n1. The molecule has 1 N–H and O–H groups in total. The van der Waals surface area contributed by atoms with Gasteiger partial charge < -0.3 is 10.1 Å². The van der Waals surface area contributed by atoms with Crippen LogP contribution in [0.15, 0.2) is 48.7 Å². The lowest BCUT2D eigenvalue weighted by Gasteiger charge is -2.10. The highest BCUT2D eigenvalue weighted by molar-refractivity contribution is 6.05. The molecule has 0 saturated heterocycles. The molecule has 3 rings (SSSR count). The van der Waals surface area contributed by atoms with Crippen molar-refractivity contribution < 1.29 is 14.5 Å².